The van der Waals surface area contributed by atoms with Gasteiger partial charge >= 0.3 is 0 Å². The van der Waals surface area contributed by atoms with Gasteiger partial charge in [0.05, 0.1) is 6.61 Å². The van der Waals surface area contributed by atoms with Crippen molar-refractivity contribution in [3.05, 3.63) is 28.2 Å². The fourth-order valence-electron chi connectivity index (χ4n) is 2.09. The second-order valence-corrected chi connectivity index (χ2v) is 5.76. The van der Waals surface area contributed by atoms with Gasteiger partial charge in [-0.05, 0) is 37.0 Å². The lowest BCUT2D eigenvalue weighted by Crippen LogP contribution is -2.14. The van der Waals surface area contributed by atoms with E-state index in [9.17, 15) is 0 Å². The number of halogens is 1. The van der Waals surface area contributed by atoms with Gasteiger partial charge in [-0.15, -0.1) is 0 Å². The highest BCUT2D eigenvalue weighted by molar-refractivity contribution is 9.10. The molecule has 1 fully saturated rings. The van der Waals surface area contributed by atoms with E-state index < -0.39 is 0 Å². The van der Waals surface area contributed by atoms with Crippen molar-refractivity contribution in [2.75, 3.05) is 6.61 Å². The summed E-state index contributed by atoms with van der Waals surface area (Å²) in [5, 5.41) is 0. The van der Waals surface area contributed by atoms with Gasteiger partial charge in [-0.25, -0.2) is 0 Å². The van der Waals surface area contributed by atoms with Crippen molar-refractivity contribution in [2.24, 2.45) is 11.7 Å². The number of benzene rings is 1. The molecular weight excluding hydrogens is 278 g/mol. The third kappa shape index (κ3) is 3.46. The molecule has 0 spiro atoms. The molecule has 2 nitrogen and oxygen atoms in total. The van der Waals surface area contributed by atoms with Gasteiger partial charge < -0.3 is 10.5 Å². The van der Waals surface area contributed by atoms with E-state index in [1.165, 1.54) is 25.7 Å². The molecule has 0 aromatic heterocycles. The Hall–Kier alpha value is -0.540. The minimum atomic E-state index is 0.0494. The monoisotopic (exact) mass is 297 g/mol. The molecule has 1 aromatic rings. The Morgan fingerprint density at radius 1 is 1.47 bits per heavy atom. The molecule has 1 aromatic carbocycles. The fourth-order valence-corrected chi connectivity index (χ4v) is 2.81. The summed E-state index contributed by atoms with van der Waals surface area (Å²) in [6, 6.07) is 6.10. The van der Waals surface area contributed by atoms with Crippen LogP contribution < -0.4 is 10.5 Å². The highest BCUT2D eigenvalue weighted by atomic mass is 79.9. The lowest BCUT2D eigenvalue weighted by atomic mass is 9.83. The van der Waals surface area contributed by atoms with E-state index in [1.807, 2.05) is 25.1 Å². The van der Waals surface area contributed by atoms with Gasteiger partial charge in [-0.2, -0.15) is 0 Å². The van der Waals surface area contributed by atoms with E-state index in [-0.39, 0.29) is 6.04 Å². The van der Waals surface area contributed by atoms with Crippen LogP contribution >= 0.6 is 15.9 Å². The summed E-state index contributed by atoms with van der Waals surface area (Å²) >= 11 is 3.53. The van der Waals surface area contributed by atoms with Crippen molar-refractivity contribution in [1.82, 2.24) is 0 Å². The second-order valence-electron chi connectivity index (χ2n) is 4.91. The molecule has 0 bridgehead atoms. The van der Waals surface area contributed by atoms with Crippen LogP contribution in [0.1, 0.15) is 44.2 Å². The summed E-state index contributed by atoms with van der Waals surface area (Å²) in [6.07, 6.45) is 5.36. The molecule has 1 saturated carbocycles. The largest absolute Gasteiger partial charge is 0.494 e. The van der Waals surface area contributed by atoms with E-state index in [2.05, 4.69) is 15.9 Å². The van der Waals surface area contributed by atoms with E-state index in [0.717, 1.165) is 28.3 Å². The van der Waals surface area contributed by atoms with Crippen molar-refractivity contribution in [2.45, 2.75) is 38.6 Å². The normalized spacial score (nSPS) is 17.6. The number of ether oxygens (including phenoxy) is 1. The quantitative estimate of drug-likeness (QED) is 0.890. The first kappa shape index (κ1) is 12.9. The summed E-state index contributed by atoms with van der Waals surface area (Å²) in [4.78, 5) is 0. The lowest BCUT2D eigenvalue weighted by Gasteiger charge is -2.25. The highest BCUT2D eigenvalue weighted by Gasteiger charge is 2.16. The predicted molar refractivity (Wildman–Crippen MR) is 74.2 cm³/mol. The molecule has 17 heavy (non-hydrogen) atoms. The summed E-state index contributed by atoms with van der Waals surface area (Å²) in [5.41, 5.74) is 6.98. The SMILES string of the molecule is C[C@@H](N)c1ccc(OCCC2CCC2)cc1Br. The first-order chi connectivity index (χ1) is 8.16. The summed E-state index contributed by atoms with van der Waals surface area (Å²) in [6.45, 7) is 2.81. The van der Waals surface area contributed by atoms with Gasteiger partial charge in [0.15, 0.2) is 0 Å². The molecular formula is C14H20BrNO. The average molecular weight is 298 g/mol. The summed E-state index contributed by atoms with van der Waals surface area (Å²) < 4.78 is 6.79. The van der Waals surface area contributed by atoms with Crippen LogP contribution in [0.25, 0.3) is 0 Å². The standard InChI is InChI=1S/C14H20BrNO/c1-10(16)13-6-5-12(9-14(13)15)17-8-7-11-3-2-4-11/h5-6,9-11H,2-4,7-8,16H2,1H3/t10-/m1/s1. The Balaban J connectivity index is 1.85. The highest BCUT2D eigenvalue weighted by Crippen LogP contribution is 2.30. The van der Waals surface area contributed by atoms with Gasteiger partial charge in [0, 0.05) is 10.5 Å². The van der Waals surface area contributed by atoms with Crippen LogP contribution in [0.3, 0.4) is 0 Å². The Labute approximate surface area is 112 Å². The van der Waals surface area contributed by atoms with Crippen molar-refractivity contribution in [1.29, 1.82) is 0 Å². The second kappa shape index (κ2) is 5.87. The summed E-state index contributed by atoms with van der Waals surface area (Å²) in [7, 11) is 0. The van der Waals surface area contributed by atoms with Gasteiger partial charge in [0.1, 0.15) is 5.75 Å². The maximum Gasteiger partial charge on any atom is 0.120 e. The molecule has 0 saturated heterocycles. The van der Waals surface area contributed by atoms with Crippen molar-refractivity contribution >= 4 is 15.9 Å². The van der Waals surface area contributed by atoms with Gasteiger partial charge in [-0.3, -0.25) is 0 Å². The molecule has 0 unspecified atom stereocenters. The van der Waals surface area contributed by atoms with Crippen LogP contribution in [0.15, 0.2) is 22.7 Å². The maximum atomic E-state index is 5.86. The maximum absolute atomic E-state index is 5.86. The van der Waals surface area contributed by atoms with Crippen LogP contribution in [-0.4, -0.2) is 6.61 Å². The van der Waals surface area contributed by atoms with Crippen LogP contribution in [0, 0.1) is 5.92 Å². The molecule has 3 heteroatoms. The third-order valence-corrected chi connectivity index (χ3v) is 4.17. The number of nitrogens with two attached hydrogens (primary N) is 1. The van der Waals surface area contributed by atoms with Crippen LogP contribution in [0.5, 0.6) is 5.75 Å². The van der Waals surface area contributed by atoms with Gasteiger partial charge in [-0.1, -0.05) is 41.3 Å². The Morgan fingerprint density at radius 2 is 2.24 bits per heavy atom. The minimum Gasteiger partial charge on any atom is -0.494 e. The first-order valence-electron chi connectivity index (χ1n) is 6.34. The molecule has 1 aliphatic carbocycles. The van der Waals surface area contributed by atoms with Gasteiger partial charge in [0.2, 0.25) is 0 Å². The zero-order valence-electron chi connectivity index (χ0n) is 10.3. The van der Waals surface area contributed by atoms with E-state index in [4.69, 9.17) is 10.5 Å². The van der Waals surface area contributed by atoms with E-state index in [0.29, 0.717) is 0 Å². The Morgan fingerprint density at radius 3 is 2.76 bits per heavy atom. The number of hydrogen-bond donors (Lipinski definition) is 1. The molecule has 0 radical (unpaired) electrons. The zero-order chi connectivity index (χ0) is 12.3. The average Bonchev–Trinajstić information content (AvgIpc) is 2.21. The Kier molecular flexibility index (Phi) is 4.46. The first-order valence-corrected chi connectivity index (χ1v) is 7.14. The zero-order valence-corrected chi connectivity index (χ0v) is 11.9. The van der Waals surface area contributed by atoms with Crippen molar-refractivity contribution in [3.63, 3.8) is 0 Å². The minimum absolute atomic E-state index is 0.0494. The van der Waals surface area contributed by atoms with E-state index in [1.54, 1.807) is 0 Å². The molecule has 0 amide bonds. The smallest absolute Gasteiger partial charge is 0.120 e. The fraction of sp³-hybridized carbons (Fsp3) is 0.571. The number of hydrogen-bond acceptors (Lipinski definition) is 2. The molecule has 1 atom stereocenters. The van der Waals surface area contributed by atoms with Crippen LogP contribution in [0.2, 0.25) is 0 Å². The Bertz CT molecular complexity index is 374. The lowest BCUT2D eigenvalue weighted by molar-refractivity contribution is 0.222. The molecule has 1 aliphatic rings. The summed E-state index contributed by atoms with van der Waals surface area (Å²) in [5.74, 6) is 1.84. The molecule has 2 N–H and O–H groups in total. The van der Waals surface area contributed by atoms with Gasteiger partial charge in [0.25, 0.3) is 0 Å². The molecule has 0 heterocycles. The van der Waals surface area contributed by atoms with E-state index >= 15 is 0 Å². The molecule has 2 rings (SSSR count). The van der Waals surface area contributed by atoms with Crippen LogP contribution in [-0.2, 0) is 0 Å². The van der Waals surface area contributed by atoms with Crippen LogP contribution in [0.4, 0.5) is 0 Å². The predicted octanol–water partition coefficient (Wildman–Crippen LogP) is 4.04. The number of rotatable bonds is 5. The van der Waals surface area contributed by atoms with Crippen molar-refractivity contribution < 1.29 is 4.74 Å². The third-order valence-electron chi connectivity index (χ3n) is 3.48. The molecule has 0 aliphatic heterocycles. The topological polar surface area (TPSA) is 35.2 Å². The van der Waals surface area contributed by atoms with Crippen molar-refractivity contribution in [3.8, 4) is 5.75 Å². The molecule has 94 valence electrons.